The minimum Gasteiger partial charge on any atom is -0.387 e. The number of rotatable bonds is 4. The van der Waals surface area contributed by atoms with Gasteiger partial charge in [-0.05, 0) is 23.8 Å². The maximum absolute atomic E-state index is 12.8. The van der Waals surface area contributed by atoms with Gasteiger partial charge in [0, 0.05) is 11.9 Å². The van der Waals surface area contributed by atoms with E-state index in [2.05, 4.69) is 15.5 Å². The molecule has 112 valence electrons. The lowest BCUT2D eigenvalue weighted by molar-refractivity contribution is 0.0917. The Bertz CT molecular complexity index is 799. The van der Waals surface area contributed by atoms with Gasteiger partial charge in [-0.15, -0.1) is 0 Å². The van der Waals surface area contributed by atoms with Gasteiger partial charge in [0.2, 0.25) is 0 Å². The molecule has 3 rings (SSSR count). The summed E-state index contributed by atoms with van der Waals surface area (Å²) in [4.78, 5) is 12.2. The van der Waals surface area contributed by atoms with E-state index in [-0.39, 0.29) is 18.3 Å². The maximum Gasteiger partial charge on any atom is 0.253 e. The summed E-state index contributed by atoms with van der Waals surface area (Å²) in [5.41, 5.74) is 1.65. The number of aromatic nitrogens is 2. The molecule has 22 heavy (non-hydrogen) atoms. The molecule has 0 aliphatic carbocycles. The van der Waals surface area contributed by atoms with Gasteiger partial charge in [0.25, 0.3) is 5.91 Å². The van der Waals surface area contributed by atoms with Crippen molar-refractivity contribution in [1.29, 1.82) is 0 Å². The number of aliphatic hydroxyl groups excluding tert-OH is 1. The van der Waals surface area contributed by atoms with E-state index >= 15 is 0 Å². The summed E-state index contributed by atoms with van der Waals surface area (Å²) < 4.78 is 12.8. The predicted molar refractivity (Wildman–Crippen MR) is 79.8 cm³/mol. The Morgan fingerprint density at radius 2 is 2.05 bits per heavy atom. The number of hydrogen-bond donors (Lipinski definition) is 3. The molecule has 1 heterocycles. The molecule has 0 radical (unpaired) electrons. The smallest absolute Gasteiger partial charge is 0.253 e. The number of aromatic amines is 1. The van der Waals surface area contributed by atoms with Crippen LogP contribution in [-0.4, -0.2) is 27.8 Å². The van der Waals surface area contributed by atoms with Crippen LogP contribution in [0.3, 0.4) is 0 Å². The first-order valence-electron chi connectivity index (χ1n) is 6.79. The summed E-state index contributed by atoms with van der Waals surface area (Å²) in [6.45, 7) is 0.0367. The first kappa shape index (κ1) is 14.2. The summed E-state index contributed by atoms with van der Waals surface area (Å²) in [5.74, 6) is -0.679. The van der Waals surface area contributed by atoms with Crippen molar-refractivity contribution in [1.82, 2.24) is 15.5 Å². The molecule has 0 saturated heterocycles. The molecular formula is C16H14FN3O2. The number of hydrogen-bond acceptors (Lipinski definition) is 3. The molecule has 1 atom stereocenters. The highest BCUT2D eigenvalue weighted by Gasteiger charge is 2.13. The van der Waals surface area contributed by atoms with Crippen LogP contribution in [-0.2, 0) is 0 Å². The van der Waals surface area contributed by atoms with Crippen molar-refractivity contribution in [3.8, 4) is 0 Å². The molecule has 0 fully saturated rings. The average molecular weight is 299 g/mol. The number of H-pyrrole nitrogens is 1. The number of carbonyl (C=O) groups is 1. The molecule has 5 nitrogen and oxygen atoms in total. The van der Waals surface area contributed by atoms with Crippen molar-refractivity contribution in [3.05, 3.63) is 65.6 Å². The van der Waals surface area contributed by atoms with Gasteiger partial charge >= 0.3 is 0 Å². The molecule has 0 spiro atoms. The van der Waals surface area contributed by atoms with Crippen LogP contribution in [0, 0.1) is 5.82 Å². The van der Waals surface area contributed by atoms with Crippen LogP contribution in [0.1, 0.15) is 22.0 Å². The van der Waals surface area contributed by atoms with Gasteiger partial charge in [-0.1, -0.05) is 24.3 Å². The molecule has 1 amide bonds. The van der Waals surface area contributed by atoms with Gasteiger partial charge in [0.05, 0.1) is 23.4 Å². The molecule has 3 aromatic rings. The zero-order valence-corrected chi connectivity index (χ0v) is 11.6. The average Bonchev–Trinajstić information content (AvgIpc) is 3.01. The summed E-state index contributed by atoms with van der Waals surface area (Å²) in [6, 6.07) is 10.8. The zero-order valence-electron chi connectivity index (χ0n) is 11.6. The number of aliphatic hydroxyl groups is 1. The Morgan fingerprint density at radius 1 is 1.27 bits per heavy atom. The molecule has 3 N–H and O–H groups in total. The number of nitrogens with zero attached hydrogens (tertiary/aromatic N) is 1. The van der Waals surface area contributed by atoms with E-state index < -0.39 is 6.10 Å². The lowest BCUT2D eigenvalue weighted by Crippen LogP contribution is -2.28. The van der Waals surface area contributed by atoms with Crippen LogP contribution in [0.2, 0.25) is 0 Å². The summed E-state index contributed by atoms with van der Waals surface area (Å²) >= 11 is 0. The Balaban J connectivity index is 1.69. The van der Waals surface area contributed by atoms with Crippen molar-refractivity contribution in [3.63, 3.8) is 0 Å². The van der Waals surface area contributed by atoms with Gasteiger partial charge < -0.3 is 10.4 Å². The third kappa shape index (κ3) is 2.82. The second-order valence-corrected chi connectivity index (χ2v) is 4.92. The van der Waals surface area contributed by atoms with E-state index in [0.717, 1.165) is 5.39 Å². The Kier molecular flexibility index (Phi) is 3.84. The Morgan fingerprint density at radius 3 is 2.82 bits per heavy atom. The van der Waals surface area contributed by atoms with Crippen LogP contribution in [0.4, 0.5) is 4.39 Å². The number of carbonyl (C=O) groups excluding carboxylic acids is 1. The van der Waals surface area contributed by atoms with E-state index in [0.29, 0.717) is 16.6 Å². The summed E-state index contributed by atoms with van der Waals surface area (Å²) in [7, 11) is 0. The van der Waals surface area contributed by atoms with Crippen molar-refractivity contribution >= 4 is 16.8 Å². The molecule has 0 bridgehead atoms. The van der Waals surface area contributed by atoms with Crippen LogP contribution >= 0.6 is 0 Å². The zero-order chi connectivity index (χ0) is 15.5. The lowest BCUT2D eigenvalue weighted by Gasteiger charge is -2.12. The van der Waals surface area contributed by atoms with Crippen LogP contribution < -0.4 is 5.32 Å². The second-order valence-electron chi connectivity index (χ2n) is 4.92. The third-order valence-electron chi connectivity index (χ3n) is 3.43. The fourth-order valence-corrected chi connectivity index (χ4v) is 2.25. The number of halogens is 1. The number of nitrogens with one attached hydrogen (secondary N) is 2. The van der Waals surface area contributed by atoms with Crippen molar-refractivity contribution in [2.75, 3.05) is 6.54 Å². The highest BCUT2D eigenvalue weighted by Crippen LogP contribution is 2.16. The SMILES string of the molecule is O=C(NCC(O)c1ccc(F)cc1)c1cccc2cn[nH]c12. The number of fused-ring (bicyclic) bond motifs is 1. The number of benzene rings is 2. The van der Waals surface area contributed by atoms with E-state index in [1.165, 1.54) is 24.3 Å². The van der Waals surface area contributed by atoms with Crippen molar-refractivity contribution in [2.24, 2.45) is 0 Å². The van der Waals surface area contributed by atoms with Crippen LogP contribution in [0.25, 0.3) is 10.9 Å². The molecule has 1 unspecified atom stereocenters. The maximum atomic E-state index is 12.8. The fourth-order valence-electron chi connectivity index (χ4n) is 2.25. The van der Waals surface area contributed by atoms with Gasteiger partial charge in [0.15, 0.2) is 0 Å². The fraction of sp³-hybridized carbons (Fsp3) is 0.125. The van der Waals surface area contributed by atoms with Gasteiger partial charge in [-0.3, -0.25) is 9.89 Å². The van der Waals surface area contributed by atoms with Crippen LogP contribution in [0.5, 0.6) is 0 Å². The van der Waals surface area contributed by atoms with Gasteiger partial charge in [0.1, 0.15) is 5.82 Å². The third-order valence-corrected chi connectivity index (χ3v) is 3.43. The van der Waals surface area contributed by atoms with E-state index in [1.807, 2.05) is 6.07 Å². The van der Waals surface area contributed by atoms with Gasteiger partial charge in [-0.25, -0.2) is 4.39 Å². The Labute approximate surface area is 125 Å². The second kappa shape index (κ2) is 5.95. The molecular weight excluding hydrogens is 285 g/mol. The first-order chi connectivity index (χ1) is 10.6. The first-order valence-corrected chi connectivity index (χ1v) is 6.79. The minimum absolute atomic E-state index is 0.0367. The predicted octanol–water partition coefficient (Wildman–Crippen LogP) is 2.17. The van der Waals surface area contributed by atoms with Crippen molar-refractivity contribution in [2.45, 2.75) is 6.10 Å². The van der Waals surface area contributed by atoms with Gasteiger partial charge in [-0.2, -0.15) is 5.10 Å². The lowest BCUT2D eigenvalue weighted by atomic mass is 10.1. The number of para-hydroxylation sites is 1. The monoisotopic (exact) mass is 299 g/mol. The standard InChI is InChI=1S/C16H14FN3O2/c17-12-6-4-10(5-7-12)14(21)9-18-16(22)13-3-1-2-11-8-19-20-15(11)13/h1-8,14,21H,9H2,(H,18,22)(H,19,20). The normalized spacial score (nSPS) is 12.3. The molecule has 0 aliphatic heterocycles. The largest absolute Gasteiger partial charge is 0.387 e. The molecule has 1 aromatic heterocycles. The molecule has 2 aromatic carbocycles. The highest BCUT2D eigenvalue weighted by atomic mass is 19.1. The number of amides is 1. The van der Waals surface area contributed by atoms with Crippen molar-refractivity contribution < 1.29 is 14.3 Å². The quantitative estimate of drug-likeness (QED) is 0.691. The molecule has 6 heteroatoms. The topological polar surface area (TPSA) is 78.0 Å². The summed E-state index contributed by atoms with van der Waals surface area (Å²) in [6.07, 6.45) is 0.741. The minimum atomic E-state index is -0.898. The highest BCUT2D eigenvalue weighted by molar-refractivity contribution is 6.05. The summed E-state index contributed by atoms with van der Waals surface area (Å²) in [5, 5.41) is 20.2. The van der Waals surface area contributed by atoms with E-state index in [9.17, 15) is 14.3 Å². The van der Waals surface area contributed by atoms with E-state index in [1.54, 1.807) is 18.3 Å². The molecule has 0 aliphatic rings. The van der Waals surface area contributed by atoms with Crippen LogP contribution in [0.15, 0.2) is 48.7 Å². The Hall–Kier alpha value is -2.73. The molecule has 0 saturated carbocycles. The van der Waals surface area contributed by atoms with E-state index in [4.69, 9.17) is 0 Å².